The lowest BCUT2D eigenvalue weighted by Crippen LogP contribution is -2.31. The maximum atomic E-state index is 12.0. The monoisotopic (exact) mass is 334 g/mol. The highest BCUT2D eigenvalue weighted by Crippen LogP contribution is 2.18. The Morgan fingerprint density at radius 2 is 2.25 bits per heavy atom. The van der Waals surface area contributed by atoms with Gasteiger partial charge in [0.2, 0.25) is 6.04 Å². The number of hydrogen-bond donors (Lipinski definition) is 2. The van der Waals surface area contributed by atoms with E-state index in [0.29, 0.717) is 17.6 Å². The Bertz CT molecular complexity index is 626. The van der Waals surface area contributed by atoms with Gasteiger partial charge in [0, 0.05) is 28.8 Å². The Morgan fingerprint density at radius 1 is 1.54 bits per heavy atom. The summed E-state index contributed by atoms with van der Waals surface area (Å²) in [6, 6.07) is 2.38. The molecule has 0 fully saturated rings. The van der Waals surface area contributed by atoms with Gasteiger partial charge in [0.15, 0.2) is 0 Å². The largest absolute Gasteiger partial charge is 0.411 e. The minimum Gasteiger partial charge on any atom is -0.411 e. The molecule has 0 aliphatic heterocycles. The van der Waals surface area contributed by atoms with Gasteiger partial charge in [-0.3, -0.25) is 19.9 Å². The van der Waals surface area contributed by atoms with E-state index in [2.05, 4.69) is 15.5 Å². The molecule has 1 atom stereocenters. The molecule has 0 aromatic carbocycles. The van der Waals surface area contributed by atoms with Crippen LogP contribution in [0.15, 0.2) is 41.3 Å². The molecule has 0 saturated heterocycles. The molecule has 0 aliphatic rings. The molecular formula is C16H22N4O4. The smallest absolute Gasteiger partial charge is 0.253 e. The fraction of sp³-hybridized carbons (Fsp3) is 0.438. The number of amides is 1. The molecule has 1 aromatic heterocycles. The number of aromatic nitrogens is 1. The van der Waals surface area contributed by atoms with Crippen molar-refractivity contribution in [3.05, 3.63) is 51.9 Å². The minimum absolute atomic E-state index is 0.0454. The van der Waals surface area contributed by atoms with Crippen LogP contribution in [-0.4, -0.2) is 39.3 Å². The lowest BCUT2D eigenvalue weighted by molar-refractivity contribution is -0.520. The van der Waals surface area contributed by atoms with E-state index in [1.165, 1.54) is 12.3 Å². The fourth-order valence-electron chi connectivity index (χ4n) is 2.30. The quantitative estimate of drug-likeness (QED) is 0.327. The van der Waals surface area contributed by atoms with Crippen molar-refractivity contribution < 1.29 is 14.9 Å². The summed E-state index contributed by atoms with van der Waals surface area (Å²) >= 11 is 0. The van der Waals surface area contributed by atoms with Crippen molar-refractivity contribution in [2.24, 2.45) is 11.1 Å². The minimum atomic E-state index is -0.860. The number of carbonyl (C=O) groups is 1. The molecule has 1 amide bonds. The molecule has 0 saturated carbocycles. The van der Waals surface area contributed by atoms with Crippen molar-refractivity contribution in [3.63, 3.8) is 0 Å². The Labute approximate surface area is 140 Å². The number of pyridine rings is 1. The van der Waals surface area contributed by atoms with Gasteiger partial charge in [0.1, 0.15) is 0 Å². The molecular weight excluding hydrogens is 312 g/mol. The molecule has 0 aliphatic carbocycles. The molecule has 0 bridgehead atoms. The molecule has 8 heteroatoms. The van der Waals surface area contributed by atoms with Crippen LogP contribution in [0.5, 0.6) is 0 Å². The Morgan fingerprint density at radius 3 is 2.71 bits per heavy atom. The zero-order valence-corrected chi connectivity index (χ0v) is 14.0. The normalized spacial score (nSPS) is 13.7. The third kappa shape index (κ3) is 5.45. The van der Waals surface area contributed by atoms with Gasteiger partial charge in [-0.15, -0.1) is 0 Å². The summed E-state index contributed by atoms with van der Waals surface area (Å²) in [5.74, 6) is -0.568. The topological polar surface area (TPSA) is 118 Å². The fourth-order valence-corrected chi connectivity index (χ4v) is 2.30. The standard InChI is InChI=1S/C16H22N4O4/c1-4-12(15(11(2)3)20(23)24)8-14(19-22)10-18-16(21)13-6-5-7-17-9-13/h5-9,11,15,22H,4,10H2,1-3H3,(H,18,21)/b12-8+,19-14?. The number of carbonyl (C=O) groups excluding carboxylic acids is 1. The zero-order valence-electron chi connectivity index (χ0n) is 14.0. The van der Waals surface area contributed by atoms with E-state index in [1.54, 1.807) is 39.1 Å². The summed E-state index contributed by atoms with van der Waals surface area (Å²) in [6.45, 7) is 5.28. The number of rotatable bonds is 8. The third-order valence-corrected chi connectivity index (χ3v) is 3.48. The van der Waals surface area contributed by atoms with Crippen LogP contribution >= 0.6 is 0 Å². The molecule has 8 nitrogen and oxygen atoms in total. The molecule has 1 aromatic rings. The zero-order chi connectivity index (χ0) is 18.1. The predicted octanol–water partition coefficient (Wildman–Crippen LogP) is 2.28. The van der Waals surface area contributed by atoms with Gasteiger partial charge < -0.3 is 10.5 Å². The first-order valence-corrected chi connectivity index (χ1v) is 7.63. The highest BCUT2D eigenvalue weighted by molar-refractivity contribution is 6.01. The van der Waals surface area contributed by atoms with Gasteiger partial charge in [-0.2, -0.15) is 0 Å². The van der Waals surface area contributed by atoms with Gasteiger partial charge in [-0.05, 0) is 24.6 Å². The van der Waals surface area contributed by atoms with Crippen LogP contribution in [0.2, 0.25) is 0 Å². The van der Waals surface area contributed by atoms with E-state index in [-0.39, 0.29) is 29.0 Å². The Kier molecular flexibility index (Phi) is 7.54. The molecule has 0 radical (unpaired) electrons. The molecule has 0 spiro atoms. The Balaban J connectivity index is 2.85. The van der Waals surface area contributed by atoms with Gasteiger partial charge >= 0.3 is 0 Å². The lowest BCUT2D eigenvalue weighted by Gasteiger charge is -2.16. The number of nitrogens with zero attached hydrogens (tertiary/aromatic N) is 3. The number of nitrogens with one attached hydrogen (secondary N) is 1. The Hall–Kier alpha value is -2.77. The summed E-state index contributed by atoms with van der Waals surface area (Å²) < 4.78 is 0. The van der Waals surface area contributed by atoms with E-state index < -0.39 is 6.04 Å². The average Bonchev–Trinajstić information content (AvgIpc) is 2.57. The number of nitro groups is 1. The van der Waals surface area contributed by atoms with Crippen LogP contribution in [0.1, 0.15) is 37.6 Å². The number of hydrogen-bond acceptors (Lipinski definition) is 6. The molecule has 1 heterocycles. The third-order valence-electron chi connectivity index (χ3n) is 3.48. The van der Waals surface area contributed by atoms with Crippen molar-refractivity contribution in [1.82, 2.24) is 10.3 Å². The van der Waals surface area contributed by atoms with Crippen LogP contribution in [-0.2, 0) is 0 Å². The maximum Gasteiger partial charge on any atom is 0.253 e. The summed E-state index contributed by atoms with van der Waals surface area (Å²) in [5.41, 5.74) is 1.06. The first kappa shape index (κ1) is 19.3. The highest BCUT2D eigenvalue weighted by Gasteiger charge is 2.28. The second-order valence-electron chi connectivity index (χ2n) is 5.56. The van der Waals surface area contributed by atoms with Gasteiger partial charge in [-0.1, -0.05) is 25.9 Å². The van der Waals surface area contributed by atoms with Crippen LogP contribution in [0.4, 0.5) is 0 Å². The van der Waals surface area contributed by atoms with E-state index in [9.17, 15) is 14.9 Å². The van der Waals surface area contributed by atoms with Gasteiger partial charge in [0.25, 0.3) is 5.91 Å². The second-order valence-corrected chi connectivity index (χ2v) is 5.56. The first-order valence-electron chi connectivity index (χ1n) is 7.63. The van der Waals surface area contributed by atoms with Crippen LogP contribution < -0.4 is 5.32 Å². The van der Waals surface area contributed by atoms with E-state index in [1.807, 2.05) is 0 Å². The molecule has 1 rings (SSSR count). The summed E-state index contributed by atoms with van der Waals surface area (Å²) in [6.07, 6.45) is 4.88. The van der Waals surface area contributed by atoms with Crippen LogP contribution in [0.3, 0.4) is 0 Å². The van der Waals surface area contributed by atoms with E-state index in [4.69, 9.17) is 5.21 Å². The highest BCUT2D eigenvalue weighted by atomic mass is 16.6. The molecule has 1 unspecified atom stereocenters. The molecule has 130 valence electrons. The van der Waals surface area contributed by atoms with Gasteiger partial charge in [-0.25, -0.2) is 0 Å². The predicted molar refractivity (Wildman–Crippen MR) is 89.8 cm³/mol. The van der Waals surface area contributed by atoms with Crippen molar-refractivity contribution in [2.75, 3.05) is 6.54 Å². The van der Waals surface area contributed by atoms with Crippen LogP contribution in [0.25, 0.3) is 0 Å². The average molecular weight is 334 g/mol. The summed E-state index contributed by atoms with van der Waals surface area (Å²) in [4.78, 5) is 26.7. The molecule has 2 N–H and O–H groups in total. The van der Waals surface area contributed by atoms with Crippen molar-refractivity contribution in [1.29, 1.82) is 0 Å². The van der Waals surface area contributed by atoms with Crippen molar-refractivity contribution in [2.45, 2.75) is 33.2 Å². The van der Waals surface area contributed by atoms with Gasteiger partial charge in [0.05, 0.1) is 17.8 Å². The maximum absolute atomic E-state index is 12.0. The SMILES string of the molecule is CC/C(=C\C(CNC(=O)c1cccnc1)=NO)C(C(C)C)[N+](=O)[O-]. The molecule has 24 heavy (non-hydrogen) atoms. The lowest BCUT2D eigenvalue weighted by atomic mass is 9.93. The van der Waals surface area contributed by atoms with Crippen molar-refractivity contribution in [3.8, 4) is 0 Å². The van der Waals surface area contributed by atoms with E-state index in [0.717, 1.165) is 0 Å². The van der Waals surface area contributed by atoms with Crippen LogP contribution in [0, 0.1) is 16.0 Å². The van der Waals surface area contributed by atoms with E-state index >= 15 is 0 Å². The summed E-state index contributed by atoms with van der Waals surface area (Å²) in [5, 5.41) is 26.1. The number of oxime groups is 1. The first-order chi connectivity index (χ1) is 11.4. The summed E-state index contributed by atoms with van der Waals surface area (Å²) in [7, 11) is 0. The van der Waals surface area contributed by atoms with Crippen molar-refractivity contribution >= 4 is 11.6 Å². The second kappa shape index (κ2) is 9.39.